The lowest BCUT2D eigenvalue weighted by Crippen LogP contribution is -1.95. The first-order valence-corrected chi connectivity index (χ1v) is 5.82. The Bertz CT molecular complexity index is 658. The van der Waals surface area contributed by atoms with Crippen LogP contribution in [0.3, 0.4) is 0 Å². The molecule has 0 fully saturated rings. The molecule has 0 saturated heterocycles. The molecule has 20 heavy (non-hydrogen) atoms. The molecule has 2 N–H and O–H groups in total. The van der Waals surface area contributed by atoms with Crippen LogP contribution in [-0.2, 0) is 0 Å². The van der Waals surface area contributed by atoms with Crippen molar-refractivity contribution >= 4 is 29.3 Å². The van der Waals surface area contributed by atoms with Gasteiger partial charge in [-0.15, -0.1) is 0 Å². The molecule has 102 valence electrons. The Morgan fingerprint density at radius 1 is 1.40 bits per heavy atom. The summed E-state index contributed by atoms with van der Waals surface area (Å²) in [5, 5.41) is 24.3. The summed E-state index contributed by atoms with van der Waals surface area (Å²) >= 11 is 5.79. The van der Waals surface area contributed by atoms with E-state index in [1.54, 1.807) is 12.1 Å². The number of hydrazone groups is 1. The number of rotatable bonds is 4. The zero-order valence-corrected chi connectivity index (χ0v) is 10.8. The van der Waals surface area contributed by atoms with Crippen molar-refractivity contribution in [1.29, 1.82) is 0 Å². The van der Waals surface area contributed by atoms with Gasteiger partial charge in [-0.25, -0.2) is 4.98 Å². The van der Waals surface area contributed by atoms with Gasteiger partial charge in [-0.1, -0.05) is 11.6 Å². The molecule has 2 rings (SSSR count). The predicted molar refractivity (Wildman–Crippen MR) is 75.2 cm³/mol. The number of anilines is 1. The van der Waals surface area contributed by atoms with E-state index in [-0.39, 0.29) is 11.4 Å². The Balaban J connectivity index is 2.06. The van der Waals surface area contributed by atoms with Gasteiger partial charge in [0.1, 0.15) is 17.8 Å². The molecule has 0 aliphatic rings. The van der Waals surface area contributed by atoms with Crippen LogP contribution in [0.15, 0.2) is 41.6 Å². The van der Waals surface area contributed by atoms with Crippen LogP contribution in [0.2, 0.25) is 5.02 Å². The molecule has 7 nitrogen and oxygen atoms in total. The Morgan fingerprint density at radius 2 is 2.20 bits per heavy atom. The lowest BCUT2D eigenvalue weighted by Gasteiger charge is -2.00. The maximum absolute atomic E-state index is 10.5. The highest BCUT2D eigenvalue weighted by molar-refractivity contribution is 6.30. The van der Waals surface area contributed by atoms with Crippen LogP contribution in [0.25, 0.3) is 0 Å². The quantitative estimate of drug-likeness (QED) is 0.512. The summed E-state index contributed by atoms with van der Waals surface area (Å²) in [6.45, 7) is 0. The molecule has 1 aromatic carbocycles. The van der Waals surface area contributed by atoms with Gasteiger partial charge < -0.3 is 5.11 Å². The average molecular weight is 293 g/mol. The fraction of sp³-hybridized carbons (Fsp3) is 0. The highest BCUT2D eigenvalue weighted by atomic mass is 35.5. The van der Waals surface area contributed by atoms with Crippen LogP contribution in [0, 0.1) is 10.1 Å². The van der Waals surface area contributed by atoms with Crippen molar-refractivity contribution in [2.75, 3.05) is 5.43 Å². The number of hydrogen-bond acceptors (Lipinski definition) is 6. The molecule has 0 aliphatic carbocycles. The van der Waals surface area contributed by atoms with Gasteiger partial charge in [0, 0.05) is 16.7 Å². The van der Waals surface area contributed by atoms with Gasteiger partial charge in [-0.2, -0.15) is 5.10 Å². The fourth-order valence-corrected chi connectivity index (χ4v) is 1.54. The van der Waals surface area contributed by atoms with Crippen molar-refractivity contribution in [3.63, 3.8) is 0 Å². The van der Waals surface area contributed by atoms with E-state index in [9.17, 15) is 15.2 Å². The summed E-state index contributed by atoms with van der Waals surface area (Å²) < 4.78 is 0. The summed E-state index contributed by atoms with van der Waals surface area (Å²) in [6.07, 6.45) is 2.49. The second kappa shape index (κ2) is 5.98. The maximum atomic E-state index is 10.5. The van der Waals surface area contributed by atoms with Gasteiger partial charge in [-0.05, 0) is 24.3 Å². The molecule has 2 aromatic rings. The summed E-state index contributed by atoms with van der Waals surface area (Å²) in [6, 6.07) is 7.29. The molecular weight excluding hydrogens is 284 g/mol. The van der Waals surface area contributed by atoms with Gasteiger partial charge in [0.15, 0.2) is 0 Å². The number of phenolic OH excluding ortho intramolecular Hbond substituents is 1. The second-order valence-electron chi connectivity index (χ2n) is 3.73. The molecule has 0 spiro atoms. The van der Waals surface area contributed by atoms with E-state index in [1.807, 2.05) is 0 Å². The molecular formula is C12H9ClN4O3. The number of nitrogens with zero attached hydrogens (tertiary/aromatic N) is 3. The molecule has 0 atom stereocenters. The third kappa shape index (κ3) is 3.42. The number of aromatic hydroxyl groups is 1. The molecule has 0 radical (unpaired) electrons. The number of nitrogens with one attached hydrogen (secondary N) is 1. The number of aromatic nitrogens is 1. The van der Waals surface area contributed by atoms with E-state index < -0.39 is 4.92 Å². The summed E-state index contributed by atoms with van der Waals surface area (Å²) in [7, 11) is 0. The van der Waals surface area contributed by atoms with Crippen LogP contribution in [0.1, 0.15) is 5.56 Å². The lowest BCUT2D eigenvalue weighted by molar-refractivity contribution is -0.385. The third-order valence-electron chi connectivity index (χ3n) is 2.33. The molecule has 8 heteroatoms. The highest BCUT2D eigenvalue weighted by Gasteiger charge is 2.04. The molecule has 1 aromatic heterocycles. The van der Waals surface area contributed by atoms with Crippen LogP contribution >= 0.6 is 11.6 Å². The van der Waals surface area contributed by atoms with Crippen molar-refractivity contribution in [3.05, 3.63) is 57.2 Å². The maximum Gasteiger partial charge on any atom is 0.287 e. The zero-order valence-electron chi connectivity index (χ0n) is 10.0. The van der Waals surface area contributed by atoms with E-state index in [1.165, 1.54) is 24.4 Å². The largest absolute Gasteiger partial charge is 0.507 e. The van der Waals surface area contributed by atoms with Crippen molar-refractivity contribution in [2.24, 2.45) is 5.10 Å². The van der Waals surface area contributed by atoms with E-state index in [0.29, 0.717) is 16.4 Å². The van der Waals surface area contributed by atoms with Crippen molar-refractivity contribution in [1.82, 2.24) is 4.98 Å². The SMILES string of the molecule is O=[N+]([O-])c1ccc(NN=Cc2cc(Cl)ccc2O)nc1. The van der Waals surface area contributed by atoms with E-state index in [2.05, 4.69) is 15.5 Å². The Labute approximate surface area is 118 Å². The van der Waals surface area contributed by atoms with Crippen molar-refractivity contribution in [2.45, 2.75) is 0 Å². The monoisotopic (exact) mass is 292 g/mol. The van der Waals surface area contributed by atoms with E-state index in [0.717, 1.165) is 6.20 Å². The number of hydrogen-bond donors (Lipinski definition) is 2. The number of nitro groups is 1. The standard InChI is InChI=1S/C12H9ClN4O3/c13-9-1-3-11(18)8(5-9)6-15-16-12-4-2-10(7-14-12)17(19)20/h1-7,18H,(H,14,16). The highest BCUT2D eigenvalue weighted by Crippen LogP contribution is 2.19. The number of pyridine rings is 1. The van der Waals surface area contributed by atoms with Crippen LogP contribution in [0.5, 0.6) is 5.75 Å². The summed E-state index contributed by atoms with van der Waals surface area (Å²) in [4.78, 5) is 13.7. The lowest BCUT2D eigenvalue weighted by atomic mass is 10.2. The molecule has 0 unspecified atom stereocenters. The van der Waals surface area contributed by atoms with Crippen LogP contribution in [-0.4, -0.2) is 21.2 Å². The van der Waals surface area contributed by atoms with Gasteiger partial charge in [-0.3, -0.25) is 15.5 Å². The van der Waals surface area contributed by atoms with Crippen molar-refractivity contribution < 1.29 is 10.0 Å². The predicted octanol–water partition coefficient (Wildman–Crippen LogP) is 2.79. The van der Waals surface area contributed by atoms with Gasteiger partial charge in [0.25, 0.3) is 5.69 Å². The van der Waals surface area contributed by atoms with E-state index in [4.69, 9.17) is 11.6 Å². The van der Waals surface area contributed by atoms with Gasteiger partial charge in [0.2, 0.25) is 0 Å². The minimum absolute atomic E-state index is 0.0385. The van der Waals surface area contributed by atoms with Crippen molar-refractivity contribution in [3.8, 4) is 5.75 Å². The first kappa shape index (κ1) is 13.8. The molecule has 0 bridgehead atoms. The molecule has 0 aliphatic heterocycles. The third-order valence-corrected chi connectivity index (χ3v) is 2.57. The number of phenols is 1. The van der Waals surface area contributed by atoms with Crippen LogP contribution in [0.4, 0.5) is 11.5 Å². The van der Waals surface area contributed by atoms with Crippen LogP contribution < -0.4 is 5.43 Å². The van der Waals surface area contributed by atoms with Gasteiger partial charge in [0.05, 0.1) is 11.1 Å². The minimum atomic E-state index is -0.538. The number of benzene rings is 1. The second-order valence-corrected chi connectivity index (χ2v) is 4.17. The van der Waals surface area contributed by atoms with E-state index >= 15 is 0 Å². The Kier molecular flexibility index (Phi) is 4.11. The molecule has 0 amide bonds. The number of halogens is 1. The zero-order chi connectivity index (χ0) is 14.5. The Hall–Kier alpha value is -2.67. The Morgan fingerprint density at radius 3 is 2.85 bits per heavy atom. The summed E-state index contributed by atoms with van der Waals surface area (Å²) in [5.41, 5.74) is 2.92. The smallest absolute Gasteiger partial charge is 0.287 e. The normalized spacial score (nSPS) is 10.7. The first-order valence-electron chi connectivity index (χ1n) is 5.44. The topological polar surface area (TPSA) is 101 Å². The van der Waals surface area contributed by atoms with Gasteiger partial charge >= 0.3 is 0 Å². The first-order chi connectivity index (χ1) is 9.56. The molecule has 1 heterocycles. The average Bonchev–Trinajstić information content (AvgIpc) is 2.43. The fourth-order valence-electron chi connectivity index (χ4n) is 1.36. The molecule has 0 saturated carbocycles. The minimum Gasteiger partial charge on any atom is -0.507 e. The summed E-state index contributed by atoms with van der Waals surface area (Å²) in [5.74, 6) is 0.380.